The van der Waals surface area contributed by atoms with Gasteiger partial charge in [-0.3, -0.25) is 0 Å². The minimum atomic E-state index is 0.0138. The van der Waals surface area contributed by atoms with Crippen molar-refractivity contribution in [1.29, 1.82) is 0 Å². The quantitative estimate of drug-likeness (QED) is 0.426. The van der Waals surface area contributed by atoms with Gasteiger partial charge in [-0.2, -0.15) is 0 Å². The third kappa shape index (κ3) is 1.64. The Labute approximate surface area is 87.4 Å². The second-order valence-electron chi connectivity index (χ2n) is 3.32. The van der Waals surface area contributed by atoms with E-state index in [1.165, 1.54) is 13.1 Å². The number of hydrogen-bond donors (Lipinski definition) is 0. The molecule has 0 amide bonds. The average Bonchev–Trinajstić information content (AvgIpc) is 2.41. The molecule has 2 fully saturated rings. The van der Waals surface area contributed by atoms with E-state index in [1.807, 2.05) is 0 Å². The molecule has 0 aromatic rings. The van der Waals surface area contributed by atoms with Gasteiger partial charge in [0, 0.05) is 0 Å². The molecule has 2 atom stereocenters. The molecule has 1 aliphatic carbocycles. The summed E-state index contributed by atoms with van der Waals surface area (Å²) >= 11 is 2.42. The number of fused-ring (bicyclic) bond motifs is 1. The van der Waals surface area contributed by atoms with E-state index in [2.05, 4.69) is 31.4 Å². The fourth-order valence-corrected chi connectivity index (χ4v) is 3.29. The number of halogens is 1. The number of hydrogen-bond acceptors (Lipinski definition) is 2. The van der Waals surface area contributed by atoms with Crippen molar-refractivity contribution in [2.45, 2.75) is 0 Å². The summed E-state index contributed by atoms with van der Waals surface area (Å²) in [5, 5.41) is 3.74. The molecule has 0 aromatic carbocycles. The van der Waals surface area contributed by atoms with Crippen molar-refractivity contribution in [1.82, 2.24) is 3.11 Å². The molecule has 0 N–H and O–H groups in total. The molecule has 1 heterocycles. The zero-order valence-electron chi connectivity index (χ0n) is 6.37. The molecule has 60 valence electrons. The van der Waals surface area contributed by atoms with Crippen LogP contribution in [-0.4, -0.2) is 43.3 Å². The van der Waals surface area contributed by atoms with Crippen LogP contribution in [0.2, 0.25) is 0 Å². The number of nitrogens with zero attached hydrogens (tertiary/aromatic N) is 1. The van der Waals surface area contributed by atoms with Crippen LogP contribution in [0.15, 0.2) is 0 Å². The van der Waals surface area contributed by atoms with Gasteiger partial charge in [-0.05, 0) is 0 Å². The van der Waals surface area contributed by atoms with Gasteiger partial charge in [0.05, 0.1) is 0 Å². The topological polar surface area (TPSA) is 12.5 Å². The Morgan fingerprint density at radius 2 is 2.18 bits per heavy atom. The van der Waals surface area contributed by atoms with Gasteiger partial charge < -0.3 is 0 Å². The third-order valence-corrected chi connectivity index (χ3v) is 3.95. The Hall–Kier alpha value is 0.892. The molecule has 1 saturated heterocycles. The van der Waals surface area contributed by atoms with E-state index in [0.717, 1.165) is 24.4 Å². The van der Waals surface area contributed by atoms with Gasteiger partial charge in [0.2, 0.25) is 0 Å². The second-order valence-corrected chi connectivity index (χ2v) is 5.35. The molecule has 1 saturated carbocycles. The van der Waals surface area contributed by atoms with Crippen LogP contribution in [0.5, 0.6) is 0 Å². The summed E-state index contributed by atoms with van der Waals surface area (Å²) in [6.45, 7) is 3.55. The molecule has 1 aliphatic heterocycles. The van der Waals surface area contributed by atoms with Crippen LogP contribution in [-0.2, 0) is 3.79 Å². The number of rotatable bonds is 3. The number of piperidine rings is 1. The summed E-state index contributed by atoms with van der Waals surface area (Å²) in [7, 11) is 0. The van der Waals surface area contributed by atoms with Crippen LogP contribution in [0.25, 0.3) is 0 Å². The van der Waals surface area contributed by atoms with E-state index in [9.17, 15) is 0 Å². The van der Waals surface area contributed by atoms with Crippen LogP contribution in [0.1, 0.15) is 0 Å². The van der Waals surface area contributed by atoms with Crippen LogP contribution < -0.4 is 0 Å². The summed E-state index contributed by atoms with van der Waals surface area (Å²) in [4.78, 5) is 0. The van der Waals surface area contributed by atoms with Crippen molar-refractivity contribution >= 4 is 43.4 Å². The summed E-state index contributed by atoms with van der Waals surface area (Å²) in [5.41, 5.74) is 0. The summed E-state index contributed by atoms with van der Waals surface area (Å²) < 4.78 is 7.77. The van der Waals surface area contributed by atoms with E-state index in [-0.39, 0.29) is 15.1 Å². The molecule has 2 aliphatic rings. The Morgan fingerprint density at radius 1 is 1.55 bits per heavy atom. The Kier molecular flexibility index (Phi) is 2.57. The van der Waals surface area contributed by atoms with Gasteiger partial charge in [-0.15, -0.1) is 0 Å². The van der Waals surface area contributed by atoms with Gasteiger partial charge in [0.1, 0.15) is 0 Å². The van der Waals surface area contributed by atoms with Gasteiger partial charge in [-0.25, -0.2) is 0 Å². The van der Waals surface area contributed by atoms with Crippen molar-refractivity contribution in [2.75, 3.05) is 19.7 Å². The molecule has 0 aromatic heterocycles. The molecule has 4 heteroatoms. The standard InChI is InChI=1S/C6H9INO.CH2.Al/c7-8-1-4-5(2-8)6(4)3-9;;/h4-6H,1-3H2;1H2;/q-1;;+1. The van der Waals surface area contributed by atoms with E-state index in [1.54, 1.807) is 0 Å². The summed E-state index contributed by atoms with van der Waals surface area (Å²) in [6.07, 6.45) is 0. The van der Waals surface area contributed by atoms with E-state index in [0.29, 0.717) is 0 Å². The monoisotopic (exact) mass is 279 g/mol. The van der Waals surface area contributed by atoms with Crippen molar-refractivity contribution in [2.24, 2.45) is 17.8 Å². The van der Waals surface area contributed by atoms with Crippen molar-refractivity contribution in [3.8, 4) is 0 Å². The fourth-order valence-electron chi connectivity index (χ4n) is 2.02. The van der Waals surface area contributed by atoms with Crippen LogP contribution in [0, 0.1) is 17.8 Å². The predicted molar refractivity (Wildman–Crippen MR) is 54.9 cm³/mol. The molecule has 2 rings (SSSR count). The average molecular weight is 279 g/mol. The maximum atomic E-state index is 5.38. The summed E-state index contributed by atoms with van der Waals surface area (Å²) in [5.74, 6) is 2.80. The van der Waals surface area contributed by atoms with E-state index >= 15 is 0 Å². The molecular formula is C7H11AlINO. The second kappa shape index (κ2) is 3.33. The van der Waals surface area contributed by atoms with Gasteiger partial charge >= 0.3 is 87.7 Å². The third-order valence-electron chi connectivity index (χ3n) is 2.73. The Morgan fingerprint density at radius 3 is 2.73 bits per heavy atom. The van der Waals surface area contributed by atoms with Gasteiger partial charge in [0.15, 0.2) is 0 Å². The molecule has 0 radical (unpaired) electrons. The molecule has 11 heavy (non-hydrogen) atoms. The molecule has 2 unspecified atom stereocenters. The van der Waals surface area contributed by atoms with E-state index in [4.69, 9.17) is 3.79 Å². The van der Waals surface area contributed by atoms with Crippen LogP contribution in [0.3, 0.4) is 0 Å². The first-order valence-electron chi connectivity index (χ1n) is 3.96. The first-order chi connectivity index (χ1) is 5.33. The zero-order valence-corrected chi connectivity index (χ0v) is 9.68. The predicted octanol–water partition coefficient (Wildman–Crippen LogP) is 0.582. The van der Waals surface area contributed by atoms with Gasteiger partial charge in [-0.1, -0.05) is 0 Å². The van der Waals surface area contributed by atoms with Crippen LogP contribution in [0.4, 0.5) is 0 Å². The fraction of sp³-hybridized carbons (Fsp3) is 0.857. The first kappa shape index (κ1) is 8.49. The molecule has 0 bridgehead atoms. The molecule has 0 spiro atoms. The van der Waals surface area contributed by atoms with E-state index < -0.39 is 0 Å². The SMILES string of the molecule is [CH2]=[Al][O]CC1C2CN(I)CC12. The van der Waals surface area contributed by atoms with Crippen molar-refractivity contribution < 1.29 is 3.79 Å². The van der Waals surface area contributed by atoms with Crippen molar-refractivity contribution in [3.05, 3.63) is 0 Å². The zero-order chi connectivity index (χ0) is 7.84. The first-order valence-corrected chi connectivity index (χ1v) is 6.21. The Balaban J connectivity index is 1.75. The minimum absolute atomic E-state index is 0.0138. The summed E-state index contributed by atoms with van der Waals surface area (Å²) in [6, 6.07) is 0. The van der Waals surface area contributed by atoms with Crippen molar-refractivity contribution in [3.63, 3.8) is 0 Å². The maximum absolute atomic E-state index is 5.38. The molecular weight excluding hydrogens is 268 g/mol. The van der Waals surface area contributed by atoms with Gasteiger partial charge in [0.25, 0.3) is 0 Å². The Bertz CT molecular complexity index is 166. The molecule has 2 nitrogen and oxygen atoms in total. The van der Waals surface area contributed by atoms with Crippen LogP contribution >= 0.6 is 22.9 Å². The normalized spacial score (nSPS) is 41.4.